The van der Waals surface area contributed by atoms with E-state index in [1.165, 1.54) is 238 Å². The van der Waals surface area contributed by atoms with Gasteiger partial charge in [-0.25, -0.2) is 0 Å². The molecule has 394 valence electrons. The van der Waals surface area contributed by atoms with E-state index in [-0.39, 0.29) is 18.5 Å². The Labute approximate surface area is 417 Å². The first kappa shape index (κ1) is 65.1. The van der Waals surface area contributed by atoms with Crippen molar-refractivity contribution in [3.8, 4) is 0 Å². The zero-order valence-electron chi connectivity index (χ0n) is 44.9. The van der Waals surface area contributed by atoms with Crippen molar-refractivity contribution in [1.82, 2.24) is 5.32 Å². The van der Waals surface area contributed by atoms with Crippen LogP contribution in [0.15, 0.2) is 36.5 Å². The normalized spacial score (nSPS) is 12.8. The second-order valence-corrected chi connectivity index (χ2v) is 20.3. The smallest absolute Gasteiger partial charge is 0.305 e. The third-order valence-corrected chi connectivity index (χ3v) is 13.6. The molecule has 2 atom stereocenters. The van der Waals surface area contributed by atoms with E-state index < -0.39 is 12.1 Å². The van der Waals surface area contributed by atoms with Gasteiger partial charge in [-0.1, -0.05) is 281 Å². The number of allylic oxidation sites excluding steroid dienone is 5. The van der Waals surface area contributed by atoms with Crippen molar-refractivity contribution in [3.63, 3.8) is 0 Å². The molecule has 0 rings (SSSR count). The number of aliphatic hydroxyl groups excluding tert-OH is 2. The van der Waals surface area contributed by atoms with Crippen LogP contribution in [0.5, 0.6) is 0 Å². The van der Waals surface area contributed by atoms with Gasteiger partial charge in [0, 0.05) is 12.8 Å². The molecule has 3 N–H and O–H groups in total. The van der Waals surface area contributed by atoms with E-state index in [0.29, 0.717) is 19.4 Å². The molecule has 0 aliphatic carbocycles. The molecule has 0 saturated carbocycles. The van der Waals surface area contributed by atoms with Crippen LogP contribution in [0.2, 0.25) is 0 Å². The molecule has 67 heavy (non-hydrogen) atoms. The number of aliphatic hydroxyl groups is 2. The van der Waals surface area contributed by atoms with Crippen LogP contribution < -0.4 is 5.32 Å². The Hall–Kier alpha value is -1.92. The van der Waals surface area contributed by atoms with Gasteiger partial charge in [-0.05, 0) is 57.8 Å². The van der Waals surface area contributed by atoms with Crippen LogP contribution in [0.4, 0.5) is 0 Å². The van der Waals surface area contributed by atoms with Gasteiger partial charge in [0.1, 0.15) is 0 Å². The van der Waals surface area contributed by atoms with Crippen molar-refractivity contribution in [2.45, 2.75) is 328 Å². The SMILES string of the molecule is CCC/C=C\C/C=C\CCCCCCCC(=O)OCCCCCCCCCCCCCCCCCCCCCCCCCCCCC(=O)NC(CO)C(O)/C=C/CCCCCCCCCCC. The van der Waals surface area contributed by atoms with Crippen molar-refractivity contribution < 1.29 is 24.5 Å². The second kappa shape index (κ2) is 56.7. The number of carbonyl (C=O) groups excluding carboxylic acids is 2. The van der Waals surface area contributed by atoms with E-state index >= 15 is 0 Å². The number of amides is 1. The summed E-state index contributed by atoms with van der Waals surface area (Å²) in [5.41, 5.74) is 0. The lowest BCUT2D eigenvalue weighted by molar-refractivity contribution is -0.143. The van der Waals surface area contributed by atoms with Crippen LogP contribution in [0, 0.1) is 0 Å². The molecule has 0 saturated heterocycles. The van der Waals surface area contributed by atoms with E-state index in [9.17, 15) is 19.8 Å². The molecule has 0 spiro atoms. The van der Waals surface area contributed by atoms with E-state index in [1.54, 1.807) is 6.08 Å². The van der Waals surface area contributed by atoms with Crippen molar-refractivity contribution >= 4 is 11.9 Å². The Bertz CT molecular complexity index is 1090. The maximum absolute atomic E-state index is 12.4. The molecule has 0 bridgehead atoms. The Morgan fingerprint density at radius 2 is 0.776 bits per heavy atom. The van der Waals surface area contributed by atoms with Crippen molar-refractivity contribution in [3.05, 3.63) is 36.5 Å². The third kappa shape index (κ3) is 53.3. The lowest BCUT2D eigenvalue weighted by Gasteiger charge is -2.20. The second-order valence-electron chi connectivity index (χ2n) is 20.3. The zero-order valence-corrected chi connectivity index (χ0v) is 44.9. The first-order chi connectivity index (χ1) is 33.0. The van der Waals surface area contributed by atoms with Gasteiger partial charge in [0.2, 0.25) is 5.91 Å². The predicted octanol–water partition coefficient (Wildman–Crippen LogP) is 18.4. The number of unbranched alkanes of at least 4 members (excludes halogenated alkanes) is 40. The minimum absolute atomic E-state index is 0.00114. The topological polar surface area (TPSA) is 95.9 Å². The van der Waals surface area contributed by atoms with Crippen molar-refractivity contribution in [2.75, 3.05) is 13.2 Å². The van der Waals surface area contributed by atoms with Gasteiger partial charge in [0.05, 0.1) is 25.4 Å². The van der Waals surface area contributed by atoms with Crippen molar-refractivity contribution in [2.24, 2.45) is 0 Å². The summed E-state index contributed by atoms with van der Waals surface area (Å²) >= 11 is 0. The first-order valence-corrected chi connectivity index (χ1v) is 29.8. The third-order valence-electron chi connectivity index (χ3n) is 13.6. The van der Waals surface area contributed by atoms with E-state index in [0.717, 1.165) is 51.4 Å². The van der Waals surface area contributed by atoms with Crippen LogP contribution >= 0.6 is 0 Å². The highest BCUT2D eigenvalue weighted by atomic mass is 16.5. The summed E-state index contributed by atoms with van der Waals surface area (Å²) in [5.74, 6) is -0.0656. The molecular weight excluding hydrogens is 827 g/mol. The van der Waals surface area contributed by atoms with Gasteiger partial charge in [-0.2, -0.15) is 0 Å². The summed E-state index contributed by atoms with van der Waals surface area (Å²) in [6.07, 6.45) is 70.4. The fourth-order valence-corrected chi connectivity index (χ4v) is 9.08. The Morgan fingerprint density at radius 1 is 0.418 bits per heavy atom. The monoisotopic (exact) mass is 942 g/mol. The van der Waals surface area contributed by atoms with Crippen LogP contribution in [0.3, 0.4) is 0 Å². The van der Waals surface area contributed by atoms with E-state index in [4.69, 9.17) is 4.74 Å². The Balaban J connectivity index is 3.36. The summed E-state index contributed by atoms with van der Waals surface area (Å²) < 4.78 is 5.47. The molecule has 0 aromatic rings. The molecule has 0 aromatic heterocycles. The van der Waals surface area contributed by atoms with Gasteiger partial charge < -0.3 is 20.3 Å². The highest BCUT2D eigenvalue weighted by molar-refractivity contribution is 5.76. The van der Waals surface area contributed by atoms with E-state index in [1.807, 2.05) is 6.08 Å². The maximum atomic E-state index is 12.4. The number of nitrogens with one attached hydrogen (secondary N) is 1. The average Bonchev–Trinajstić information content (AvgIpc) is 3.33. The molecule has 0 radical (unpaired) electrons. The van der Waals surface area contributed by atoms with Gasteiger partial charge >= 0.3 is 5.97 Å². The molecule has 0 aliphatic heterocycles. The number of esters is 1. The highest BCUT2D eigenvalue weighted by Crippen LogP contribution is 2.17. The van der Waals surface area contributed by atoms with Gasteiger partial charge in [-0.15, -0.1) is 0 Å². The average molecular weight is 943 g/mol. The predicted molar refractivity (Wildman–Crippen MR) is 292 cm³/mol. The van der Waals surface area contributed by atoms with Gasteiger partial charge in [0.25, 0.3) is 0 Å². The number of hydrogen-bond donors (Lipinski definition) is 3. The molecule has 0 fully saturated rings. The molecular formula is C61H115NO5. The summed E-state index contributed by atoms with van der Waals surface area (Å²) in [6.45, 7) is 4.83. The zero-order chi connectivity index (χ0) is 48.6. The minimum Gasteiger partial charge on any atom is -0.466 e. The Kier molecular flexibility index (Phi) is 55.0. The highest BCUT2D eigenvalue weighted by Gasteiger charge is 2.18. The quantitative estimate of drug-likeness (QED) is 0.0321. The standard InChI is InChI=1S/C61H115NO5/c1-3-5-7-9-11-13-15-30-35-39-43-47-51-55-61(66)67-56-52-48-44-40-36-32-29-27-25-23-21-19-17-16-18-20-22-24-26-28-31-34-38-42-46-50-54-60(65)62-58(57-63)59(64)53-49-45-41-37-33-14-12-10-8-6-4-2/h7,9,13,15,49,53,58-59,63-64H,3-6,8,10-12,14,16-48,50-52,54-57H2,1-2H3,(H,62,65)/b9-7-,15-13-,53-49+. The maximum Gasteiger partial charge on any atom is 0.305 e. The number of hydrogen-bond acceptors (Lipinski definition) is 5. The molecule has 6 heteroatoms. The molecule has 0 heterocycles. The molecule has 2 unspecified atom stereocenters. The number of rotatable bonds is 55. The van der Waals surface area contributed by atoms with E-state index in [2.05, 4.69) is 43.5 Å². The number of ether oxygens (including phenoxy) is 1. The van der Waals surface area contributed by atoms with Crippen LogP contribution in [0.1, 0.15) is 316 Å². The van der Waals surface area contributed by atoms with Crippen LogP contribution in [-0.2, 0) is 14.3 Å². The van der Waals surface area contributed by atoms with Crippen LogP contribution in [0.25, 0.3) is 0 Å². The lowest BCUT2D eigenvalue weighted by atomic mass is 10.0. The molecule has 0 aromatic carbocycles. The molecule has 0 aliphatic rings. The first-order valence-electron chi connectivity index (χ1n) is 29.8. The van der Waals surface area contributed by atoms with Crippen molar-refractivity contribution in [1.29, 1.82) is 0 Å². The number of carbonyl (C=O) groups is 2. The summed E-state index contributed by atoms with van der Waals surface area (Å²) in [4.78, 5) is 24.4. The summed E-state index contributed by atoms with van der Waals surface area (Å²) in [7, 11) is 0. The Morgan fingerprint density at radius 3 is 1.19 bits per heavy atom. The molecule has 1 amide bonds. The largest absolute Gasteiger partial charge is 0.466 e. The fraction of sp³-hybridized carbons (Fsp3) is 0.869. The summed E-state index contributed by atoms with van der Waals surface area (Å²) in [6, 6.07) is -0.625. The lowest BCUT2D eigenvalue weighted by Crippen LogP contribution is -2.45. The fourth-order valence-electron chi connectivity index (χ4n) is 9.08. The van der Waals surface area contributed by atoms with Gasteiger partial charge in [0.15, 0.2) is 0 Å². The van der Waals surface area contributed by atoms with Gasteiger partial charge in [-0.3, -0.25) is 9.59 Å². The van der Waals surface area contributed by atoms with Crippen LogP contribution in [-0.4, -0.2) is 47.4 Å². The minimum atomic E-state index is -0.841. The summed E-state index contributed by atoms with van der Waals surface area (Å²) in [5, 5.41) is 23.0. The molecule has 6 nitrogen and oxygen atoms in total.